The topological polar surface area (TPSA) is 55.6 Å². The molecule has 2 N–H and O–H groups in total. The number of ether oxygens (including phenoxy) is 1. The van der Waals surface area contributed by atoms with Gasteiger partial charge in [0, 0.05) is 19.6 Å². The van der Waals surface area contributed by atoms with Gasteiger partial charge in [-0.1, -0.05) is 30.3 Å². The van der Waals surface area contributed by atoms with Gasteiger partial charge in [0.2, 0.25) is 0 Å². The molecule has 0 saturated carbocycles. The Morgan fingerprint density at radius 2 is 1.95 bits per heavy atom. The molecule has 2 aromatic carbocycles. The van der Waals surface area contributed by atoms with E-state index < -0.39 is 0 Å². The number of likely N-dealkylation sites (N-methyl/N-ethyl adjacent to an activating group) is 1. The second kappa shape index (κ2) is 6.39. The maximum atomic E-state index is 11.9. The third kappa shape index (κ3) is 3.27. The van der Waals surface area contributed by atoms with Crippen LogP contribution in [-0.2, 0) is 4.79 Å². The van der Waals surface area contributed by atoms with Crippen LogP contribution in [0.15, 0.2) is 42.5 Å². The molecule has 4 nitrogen and oxygen atoms in total. The molecule has 2 rings (SSSR count). The van der Waals surface area contributed by atoms with E-state index in [2.05, 4.69) is 0 Å². The highest BCUT2D eigenvalue weighted by Gasteiger charge is 2.14. The van der Waals surface area contributed by atoms with Gasteiger partial charge in [-0.3, -0.25) is 4.79 Å². The van der Waals surface area contributed by atoms with Crippen LogP contribution in [0.2, 0.25) is 0 Å². The van der Waals surface area contributed by atoms with Crippen LogP contribution in [0.5, 0.6) is 5.75 Å². The molecule has 0 aliphatic carbocycles. The molecule has 0 radical (unpaired) electrons. The van der Waals surface area contributed by atoms with E-state index in [1.54, 1.807) is 11.9 Å². The van der Waals surface area contributed by atoms with E-state index in [4.69, 9.17) is 10.5 Å². The highest BCUT2D eigenvalue weighted by Crippen LogP contribution is 2.20. The second-order valence-electron chi connectivity index (χ2n) is 4.89. The van der Waals surface area contributed by atoms with Crippen LogP contribution in [0.4, 0.5) is 0 Å². The van der Waals surface area contributed by atoms with Gasteiger partial charge in [0.25, 0.3) is 5.91 Å². The fourth-order valence-electron chi connectivity index (χ4n) is 1.91. The van der Waals surface area contributed by atoms with Gasteiger partial charge in [0.1, 0.15) is 5.75 Å². The molecule has 0 aliphatic rings. The zero-order valence-electron chi connectivity index (χ0n) is 11.9. The Morgan fingerprint density at radius 1 is 1.25 bits per heavy atom. The van der Waals surface area contributed by atoms with Crippen LogP contribution in [0.3, 0.4) is 0 Å². The smallest absolute Gasteiger partial charge is 0.260 e. The quantitative estimate of drug-likeness (QED) is 0.906. The lowest BCUT2D eigenvalue weighted by atomic mass is 10.1. The Hall–Kier alpha value is -2.07. The van der Waals surface area contributed by atoms with Crippen molar-refractivity contribution >= 4 is 16.7 Å². The van der Waals surface area contributed by atoms with Crippen LogP contribution < -0.4 is 10.5 Å². The van der Waals surface area contributed by atoms with Gasteiger partial charge < -0.3 is 15.4 Å². The first-order chi connectivity index (χ1) is 9.61. The average molecular weight is 272 g/mol. The SMILES string of the molecule is CC(CN)N(C)C(=O)COc1ccc2ccccc2c1. The lowest BCUT2D eigenvalue weighted by Crippen LogP contribution is -2.42. The highest BCUT2D eigenvalue weighted by atomic mass is 16.5. The monoisotopic (exact) mass is 272 g/mol. The van der Waals surface area contributed by atoms with E-state index >= 15 is 0 Å². The normalized spacial score (nSPS) is 12.2. The van der Waals surface area contributed by atoms with E-state index in [1.165, 1.54) is 0 Å². The van der Waals surface area contributed by atoms with Gasteiger partial charge >= 0.3 is 0 Å². The Balaban J connectivity index is 2.00. The summed E-state index contributed by atoms with van der Waals surface area (Å²) in [6, 6.07) is 13.9. The van der Waals surface area contributed by atoms with Crippen molar-refractivity contribution in [1.29, 1.82) is 0 Å². The number of amides is 1. The molecule has 1 atom stereocenters. The molecule has 1 amide bonds. The number of fused-ring (bicyclic) bond motifs is 1. The maximum Gasteiger partial charge on any atom is 0.260 e. The Kier molecular flexibility index (Phi) is 4.58. The molecule has 0 aliphatic heterocycles. The molecule has 0 saturated heterocycles. The molecule has 1 unspecified atom stereocenters. The maximum absolute atomic E-state index is 11.9. The van der Waals surface area contributed by atoms with Crippen LogP contribution >= 0.6 is 0 Å². The number of hydrogen-bond acceptors (Lipinski definition) is 3. The molecule has 0 fully saturated rings. The molecular weight excluding hydrogens is 252 g/mol. The third-order valence-corrected chi connectivity index (χ3v) is 3.48. The molecular formula is C16H20N2O2. The van der Waals surface area contributed by atoms with Crippen LogP contribution in [0.25, 0.3) is 10.8 Å². The zero-order valence-corrected chi connectivity index (χ0v) is 11.9. The third-order valence-electron chi connectivity index (χ3n) is 3.48. The molecule has 20 heavy (non-hydrogen) atoms. The van der Waals surface area contributed by atoms with Crippen molar-refractivity contribution in [1.82, 2.24) is 4.90 Å². The van der Waals surface area contributed by atoms with E-state index in [9.17, 15) is 4.79 Å². The van der Waals surface area contributed by atoms with E-state index in [0.717, 1.165) is 10.8 Å². The fraction of sp³-hybridized carbons (Fsp3) is 0.312. The minimum Gasteiger partial charge on any atom is -0.484 e. The summed E-state index contributed by atoms with van der Waals surface area (Å²) in [6.07, 6.45) is 0. The highest BCUT2D eigenvalue weighted by molar-refractivity contribution is 5.84. The van der Waals surface area contributed by atoms with Gasteiger partial charge in [-0.2, -0.15) is 0 Å². The van der Waals surface area contributed by atoms with Gasteiger partial charge in [-0.15, -0.1) is 0 Å². The summed E-state index contributed by atoms with van der Waals surface area (Å²) in [7, 11) is 1.74. The molecule has 0 spiro atoms. The van der Waals surface area contributed by atoms with Crippen LogP contribution in [0, 0.1) is 0 Å². The molecule has 0 bridgehead atoms. The van der Waals surface area contributed by atoms with Gasteiger partial charge in [-0.05, 0) is 29.8 Å². The molecule has 106 valence electrons. The van der Waals surface area contributed by atoms with Crippen LogP contribution in [-0.4, -0.2) is 37.0 Å². The number of nitrogens with two attached hydrogens (primary N) is 1. The number of nitrogens with zero attached hydrogens (tertiary/aromatic N) is 1. The van der Waals surface area contributed by atoms with Gasteiger partial charge in [0.15, 0.2) is 6.61 Å². The summed E-state index contributed by atoms with van der Waals surface area (Å²) in [6.45, 7) is 2.38. The van der Waals surface area contributed by atoms with Crippen molar-refractivity contribution in [3.63, 3.8) is 0 Å². The Bertz CT molecular complexity index is 598. The van der Waals surface area contributed by atoms with Crippen molar-refractivity contribution in [2.45, 2.75) is 13.0 Å². The Morgan fingerprint density at radius 3 is 2.65 bits per heavy atom. The predicted octanol–water partition coefficient (Wildman–Crippen LogP) is 2.02. The average Bonchev–Trinajstić information content (AvgIpc) is 2.50. The second-order valence-corrected chi connectivity index (χ2v) is 4.89. The van der Waals surface area contributed by atoms with Gasteiger partial charge in [0.05, 0.1) is 0 Å². The largest absolute Gasteiger partial charge is 0.484 e. The minimum atomic E-state index is -0.0730. The lowest BCUT2D eigenvalue weighted by molar-refractivity contribution is -0.133. The summed E-state index contributed by atoms with van der Waals surface area (Å²) >= 11 is 0. The van der Waals surface area contributed by atoms with Crippen molar-refractivity contribution in [2.75, 3.05) is 20.2 Å². The van der Waals surface area contributed by atoms with Crippen LogP contribution in [0.1, 0.15) is 6.92 Å². The molecule has 0 heterocycles. The van der Waals surface area contributed by atoms with Crippen molar-refractivity contribution < 1.29 is 9.53 Å². The summed E-state index contributed by atoms with van der Waals surface area (Å²) in [5.74, 6) is 0.627. The molecule has 0 aromatic heterocycles. The van der Waals surface area contributed by atoms with Crippen molar-refractivity contribution in [3.8, 4) is 5.75 Å². The minimum absolute atomic E-state index is 0.0164. The van der Waals surface area contributed by atoms with Crippen molar-refractivity contribution in [3.05, 3.63) is 42.5 Å². The summed E-state index contributed by atoms with van der Waals surface area (Å²) in [4.78, 5) is 13.5. The molecule has 2 aromatic rings. The lowest BCUT2D eigenvalue weighted by Gasteiger charge is -2.23. The standard InChI is InChI=1S/C16H20N2O2/c1-12(10-17)18(2)16(19)11-20-15-8-7-13-5-3-4-6-14(13)9-15/h3-9,12H,10-11,17H2,1-2H3. The summed E-state index contributed by atoms with van der Waals surface area (Å²) in [5, 5.41) is 2.25. The molecule has 4 heteroatoms. The van der Waals surface area contributed by atoms with Crippen molar-refractivity contribution in [2.24, 2.45) is 5.73 Å². The summed E-state index contributed by atoms with van der Waals surface area (Å²) < 4.78 is 5.56. The number of rotatable bonds is 5. The summed E-state index contributed by atoms with van der Waals surface area (Å²) in [5.41, 5.74) is 5.55. The Labute approximate surface area is 119 Å². The van der Waals surface area contributed by atoms with E-state index in [0.29, 0.717) is 12.3 Å². The number of carbonyl (C=O) groups excluding carboxylic acids is 1. The number of carbonyl (C=O) groups is 1. The fourth-order valence-corrected chi connectivity index (χ4v) is 1.91. The predicted molar refractivity (Wildman–Crippen MR) is 80.7 cm³/mol. The van der Waals surface area contributed by atoms with E-state index in [1.807, 2.05) is 49.4 Å². The number of benzene rings is 2. The van der Waals surface area contributed by atoms with E-state index in [-0.39, 0.29) is 18.6 Å². The first kappa shape index (κ1) is 14.3. The first-order valence-corrected chi connectivity index (χ1v) is 6.69. The van der Waals surface area contributed by atoms with Gasteiger partial charge in [-0.25, -0.2) is 0 Å². The zero-order chi connectivity index (χ0) is 14.5. The number of hydrogen-bond donors (Lipinski definition) is 1. The first-order valence-electron chi connectivity index (χ1n) is 6.69.